The van der Waals surface area contributed by atoms with E-state index >= 15 is 0 Å². The quantitative estimate of drug-likeness (QED) is 0.250. The zero-order valence-electron chi connectivity index (χ0n) is 15.3. The largest absolute Gasteiger partial charge is 0.425 e. The van der Waals surface area contributed by atoms with Crippen molar-refractivity contribution in [2.24, 2.45) is 5.92 Å². The van der Waals surface area contributed by atoms with Gasteiger partial charge in [0, 0.05) is 12.1 Å². The van der Waals surface area contributed by atoms with Crippen LogP contribution in [0.15, 0.2) is 48.5 Å². The van der Waals surface area contributed by atoms with E-state index in [0.29, 0.717) is 0 Å². The molecule has 1 aliphatic heterocycles. The normalized spacial score (nSPS) is 14.2. The molecular formula is C20H18N2O6. The number of rotatable bonds is 6. The Kier molecular flexibility index (Phi) is 5.21. The summed E-state index contributed by atoms with van der Waals surface area (Å²) in [4.78, 5) is 49.4. The average molecular weight is 382 g/mol. The Labute approximate surface area is 160 Å². The third-order valence-corrected chi connectivity index (χ3v) is 4.37. The third kappa shape index (κ3) is 3.62. The van der Waals surface area contributed by atoms with Gasteiger partial charge in [0.25, 0.3) is 17.5 Å². The van der Waals surface area contributed by atoms with Gasteiger partial charge in [-0.3, -0.25) is 24.6 Å². The third-order valence-electron chi connectivity index (χ3n) is 4.37. The lowest BCUT2D eigenvalue weighted by molar-refractivity contribution is -0.384. The molecule has 2 aromatic carbocycles. The van der Waals surface area contributed by atoms with Crippen LogP contribution in [0.1, 0.15) is 41.0 Å². The Morgan fingerprint density at radius 2 is 1.57 bits per heavy atom. The van der Waals surface area contributed by atoms with Crippen molar-refractivity contribution in [2.45, 2.75) is 26.3 Å². The molecule has 0 saturated heterocycles. The highest BCUT2D eigenvalue weighted by atomic mass is 16.6. The zero-order valence-corrected chi connectivity index (χ0v) is 15.3. The van der Waals surface area contributed by atoms with Gasteiger partial charge in [0.05, 0.1) is 16.1 Å². The van der Waals surface area contributed by atoms with E-state index in [4.69, 9.17) is 4.74 Å². The summed E-state index contributed by atoms with van der Waals surface area (Å²) >= 11 is 0. The minimum absolute atomic E-state index is 0.0127. The molecule has 0 aliphatic carbocycles. The van der Waals surface area contributed by atoms with E-state index in [1.807, 2.05) is 13.8 Å². The lowest BCUT2D eigenvalue weighted by Crippen LogP contribution is -2.47. The maximum Gasteiger partial charge on any atom is 0.334 e. The van der Waals surface area contributed by atoms with Crippen LogP contribution in [-0.4, -0.2) is 33.6 Å². The van der Waals surface area contributed by atoms with Gasteiger partial charge in [-0.15, -0.1) is 0 Å². The SMILES string of the molecule is CC(C)C[C@H](C(=O)Oc1ccc([N+](=O)[O-])cc1)N1C(=O)c2ccccc2C1=O. The molecule has 0 N–H and O–H groups in total. The van der Waals surface area contributed by atoms with Crippen LogP contribution in [0.5, 0.6) is 5.75 Å². The fourth-order valence-corrected chi connectivity index (χ4v) is 3.06. The summed E-state index contributed by atoms with van der Waals surface area (Å²) in [6.45, 7) is 3.73. The summed E-state index contributed by atoms with van der Waals surface area (Å²) in [6, 6.07) is 10.3. The van der Waals surface area contributed by atoms with Crippen molar-refractivity contribution in [3.8, 4) is 5.75 Å². The highest BCUT2D eigenvalue weighted by molar-refractivity contribution is 6.22. The maximum absolute atomic E-state index is 12.8. The number of carbonyl (C=O) groups is 3. The van der Waals surface area contributed by atoms with Crippen LogP contribution in [0.2, 0.25) is 0 Å². The number of carbonyl (C=O) groups excluding carboxylic acids is 3. The Bertz CT molecular complexity index is 916. The van der Waals surface area contributed by atoms with E-state index in [-0.39, 0.29) is 34.9 Å². The van der Waals surface area contributed by atoms with Gasteiger partial charge in [0.2, 0.25) is 0 Å². The van der Waals surface area contributed by atoms with E-state index in [0.717, 1.165) is 4.90 Å². The molecule has 2 aromatic rings. The Morgan fingerprint density at radius 1 is 1.04 bits per heavy atom. The summed E-state index contributed by atoms with van der Waals surface area (Å²) < 4.78 is 5.31. The van der Waals surface area contributed by atoms with Gasteiger partial charge in [0.15, 0.2) is 0 Å². The van der Waals surface area contributed by atoms with E-state index in [1.165, 1.54) is 24.3 Å². The number of amides is 2. The van der Waals surface area contributed by atoms with Gasteiger partial charge in [-0.25, -0.2) is 4.79 Å². The molecule has 2 amide bonds. The number of hydrogen-bond donors (Lipinski definition) is 0. The van der Waals surface area contributed by atoms with Crippen molar-refractivity contribution in [3.63, 3.8) is 0 Å². The van der Waals surface area contributed by atoms with Crippen molar-refractivity contribution < 1.29 is 24.0 Å². The van der Waals surface area contributed by atoms with E-state index < -0.39 is 28.7 Å². The first-order chi connectivity index (χ1) is 13.3. The van der Waals surface area contributed by atoms with Gasteiger partial charge in [-0.1, -0.05) is 26.0 Å². The Balaban J connectivity index is 1.86. The summed E-state index contributed by atoms with van der Waals surface area (Å²) in [5.41, 5.74) is 0.368. The van der Waals surface area contributed by atoms with Crippen LogP contribution in [0.3, 0.4) is 0 Å². The van der Waals surface area contributed by atoms with E-state index in [2.05, 4.69) is 0 Å². The van der Waals surface area contributed by atoms with Crippen molar-refractivity contribution in [2.75, 3.05) is 0 Å². The van der Waals surface area contributed by atoms with E-state index in [9.17, 15) is 24.5 Å². The molecule has 1 heterocycles. The number of hydrogen-bond acceptors (Lipinski definition) is 6. The molecular weight excluding hydrogens is 364 g/mol. The smallest absolute Gasteiger partial charge is 0.334 e. The monoisotopic (exact) mass is 382 g/mol. The van der Waals surface area contributed by atoms with Crippen molar-refractivity contribution in [1.82, 2.24) is 4.90 Å². The number of imide groups is 1. The van der Waals surface area contributed by atoms with Crippen molar-refractivity contribution in [3.05, 3.63) is 69.8 Å². The summed E-state index contributed by atoms with van der Waals surface area (Å²) in [5.74, 6) is -1.73. The molecule has 28 heavy (non-hydrogen) atoms. The highest BCUT2D eigenvalue weighted by Gasteiger charge is 2.43. The average Bonchev–Trinajstić information content (AvgIpc) is 2.91. The molecule has 0 bridgehead atoms. The van der Waals surface area contributed by atoms with E-state index in [1.54, 1.807) is 24.3 Å². The predicted octanol–water partition coefficient (Wildman–Crippen LogP) is 3.21. The number of nitrogens with zero attached hydrogens (tertiary/aromatic N) is 2. The molecule has 0 spiro atoms. The molecule has 8 nitrogen and oxygen atoms in total. The highest BCUT2D eigenvalue weighted by Crippen LogP contribution is 2.28. The first-order valence-electron chi connectivity index (χ1n) is 8.72. The molecule has 8 heteroatoms. The summed E-state index contributed by atoms with van der Waals surface area (Å²) in [6.07, 6.45) is 0.233. The van der Waals surface area contributed by atoms with Gasteiger partial charge in [-0.05, 0) is 36.6 Å². The van der Waals surface area contributed by atoms with Crippen molar-refractivity contribution >= 4 is 23.5 Å². The van der Waals surface area contributed by atoms with Crippen LogP contribution in [0, 0.1) is 16.0 Å². The predicted molar refractivity (Wildman–Crippen MR) is 98.9 cm³/mol. The lowest BCUT2D eigenvalue weighted by atomic mass is 10.0. The molecule has 0 radical (unpaired) electrons. The molecule has 1 atom stereocenters. The fraction of sp³-hybridized carbons (Fsp3) is 0.250. The van der Waals surface area contributed by atoms with Crippen LogP contribution < -0.4 is 4.74 Å². The molecule has 144 valence electrons. The summed E-state index contributed by atoms with van der Waals surface area (Å²) in [5, 5.41) is 10.7. The minimum atomic E-state index is -1.09. The van der Waals surface area contributed by atoms with Gasteiger partial charge < -0.3 is 4.74 Å². The molecule has 0 saturated carbocycles. The second-order valence-electron chi connectivity index (χ2n) is 6.84. The van der Waals surface area contributed by atoms with Gasteiger partial charge >= 0.3 is 5.97 Å². The van der Waals surface area contributed by atoms with Crippen LogP contribution in [0.25, 0.3) is 0 Å². The first-order valence-corrected chi connectivity index (χ1v) is 8.72. The zero-order chi connectivity index (χ0) is 20.4. The number of nitro benzene ring substituents is 1. The number of benzene rings is 2. The molecule has 0 fully saturated rings. The standard InChI is InChI=1S/C20H18N2O6/c1-12(2)11-17(20(25)28-14-9-7-13(8-10-14)22(26)27)21-18(23)15-5-3-4-6-16(15)19(21)24/h3-10,12,17H,11H2,1-2H3/t17-/m1/s1. The number of ether oxygens (including phenoxy) is 1. The number of fused-ring (bicyclic) bond motifs is 1. The van der Waals surface area contributed by atoms with Gasteiger partial charge in [-0.2, -0.15) is 0 Å². The number of nitro groups is 1. The molecule has 1 aliphatic rings. The fourth-order valence-electron chi connectivity index (χ4n) is 3.06. The second kappa shape index (κ2) is 7.59. The molecule has 0 aromatic heterocycles. The Hall–Kier alpha value is -3.55. The molecule has 3 rings (SSSR count). The maximum atomic E-state index is 12.8. The number of non-ortho nitro benzene ring substituents is 1. The molecule has 0 unspecified atom stereocenters. The minimum Gasteiger partial charge on any atom is -0.425 e. The van der Waals surface area contributed by atoms with Gasteiger partial charge in [0.1, 0.15) is 11.8 Å². The second-order valence-corrected chi connectivity index (χ2v) is 6.84. The number of esters is 1. The lowest BCUT2D eigenvalue weighted by Gasteiger charge is -2.25. The topological polar surface area (TPSA) is 107 Å². The first kappa shape index (κ1) is 19.2. The van der Waals surface area contributed by atoms with Crippen molar-refractivity contribution in [1.29, 1.82) is 0 Å². The van der Waals surface area contributed by atoms with Crippen LogP contribution in [0.4, 0.5) is 5.69 Å². The Morgan fingerprint density at radius 3 is 2.04 bits per heavy atom. The summed E-state index contributed by atoms with van der Waals surface area (Å²) in [7, 11) is 0. The van der Waals surface area contributed by atoms with Crippen LogP contribution >= 0.6 is 0 Å². The van der Waals surface area contributed by atoms with Crippen LogP contribution in [-0.2, 0) is 4.79 Å².